The van der Waals surface area contributed by atoms with Crippen molar-refractivity contribution < 1.29 is 28.7 Å². The number of hydrogen-bond donors (Lipinski definition) is 2. The highest BCUT2D eigenvalue weighted by Crippen LogP contribution is 2.36. The Morgan fingerprint density at radius 2 is 1.53 bits per heavy atom. The average molecular weight is 495 g/mol. The summed E-state index contributed by atoms with van der Waals surface area (Å²) in [5, 5.41) is 5.80. The highest BCUT2D eigenvalue weighted by molar-refractivity contribution is 6.21. The molecule has 4 amide bonds. The molecule has 2 aliphatic rings. The number of aromatic nitrogens is 2. The number of anilines is 4. The Morgan fingerprint density at radius 3 is 2.19 bits per heavy atom. The van der Waals surface area contributed by atoms with Crippen LogP contribution in [0.25, 0.3) is 0 Å². The van der Waals surface area contributed by atoms with Gasteiger partial charge in [0.2, 0.25) is 5.91 Å². The van der Waals surface area contributed by atoms with Gasteiger partial charge in [0.05, 0.1) is 46.7 Å². The van der Waals surface area contributed by atoms with Gasteiger partial charge < -0.3 is 20.1 Å². The third-order valence-electron chi connectivity index (χ3n) is 4.99. The summed E-state index contributed by atoms with van der Waals surface area (Å²) in [6.45, 7) is 13.3. The molecular formula is C24H26N6O6. The SMILES string of the molecule is C=C(C)OC(=O)N1C(=O)C(C)N(C(=O)OC(=C)C)c2ccncc21.CC1Nc2ccncc2NC1=O. The Bertz CT molecular complexity index is 1250. The second kappa shape index (κ2) is 10.7. The molecule has 2 atom stereocenters. The molecule has 2 N–H and O–H groups in total. The quantitative estimate of drug-likeness (QED) is 0.596. The van der Waals surface area contributed by atoms with Crippen LogP contribution >= 0.6 is 0 Å². The number of hydrogen-bond acceptors (Lipinski definition) is 9. The number of fused-ring (bicyclic) bond motifs is 2. The molecule has 2 aromatic heterocycles. The van der Waals surface area contributed by atoms with Gasteiger partial charge in [0.15, 0.2) is 0 Å². The number of nitrogens with one attached hydrogen (secondary N) is 2. The van der Waals surface area contributed by atoms with Gasteiger partial charge in [-0.1, -0.05) is 13.2 Å². The Balaban J connectivity index is 0.000000249. The van der Waals surface area contributed by atoms with E-state index in [2.05, 4.69) is 33.8 Å². The number of amides is 4. The maximum atomic E-state index is 12.6. The minimum atomic E-state index is -0.982. The molecule has 0 spiro atoms. The Labute approximate surface area is 207 Å². The van der Waals surface area contributed by atoms with Crippen LogP contribution in [-0.4, -0.2) is 46.1 Å². The van der Waals surface area contributed by atoms with Crippen LogP contribution in [0.2, 0.25) is 0 Å². The summed E-state index contributed by atoms with van der Waals surface area (Å²) in [6.07, 6.45) is 4.36. The number of imide groups is 1. The van der Waals surface area contributed by atoms with E-state index < -0.39 is 24.1 Å². The fourth-order valence-electron chi connectivity index (χ4n) is 3.38. The lowest BCUT2D eigenvalue weighted by Crippen LogP contribution is -2.56. The molecule has 12 nitrogen and oxygen atoms in total. The molecule has 0 fully saturated rings. The smallest absolute Gasteiger partial charge is 0.415 e. The van der Waals surface area contributed by atoms with Crippen LogP contribution in [0.15, 0.2) is 61.6 Å². The van der Waals surface area contributed by atoms with E-state index in [0.717, 1.165) is 21.2 Å². The highest BCUT2D eigenvalue weighted by atomic mass is 16.6. The van der Waals surface area contributed by atoms with Gasteiger partial charge in [0, 0.05) is 12.4 Å². The van der Waals surface area contributed by atoms with Gasteiger partial charge in [-0.2, -0.15) is 0 Å². The number of pyridine rings is 2. The Kier molecular flexibility index (Phi) is 7.67. The van der Waals surface area contributed by atoms with Crippen LogP contribution in [0.5, 0.6) is 0 Å². The topological polar surface area (TPSA) is 143 Å². The normalized spacial score (nSPS) is 17.8. The minimum absolute atomic E-state index is 0.0181. The first-order valence-electron chi connectivity index (χ1n) is 10.8. The summed E-state index contributed by atoms with van der Waals surface area (Å²) < 4.78 is 9.92. The zero-order chi connectivity index (χ0) is 26.6. The van der Waals surface area contributed by atoms with Crippen LogP contribution in [0.3, 0.4) is 0 Å². The average Bonchev–Trinajstić information content (AvgIpc) is 2.80. The van der Waals surface area contributed by atoms with Crippen LogP contribution in [0, 0.1) is 0 Å². The molecule has 12 heteroatoms. The lowest BCUT2D eigenvalue weighted by molar-refractivity contribution is -0.119. The van der Waals surface area contributed by atoms with E-state index in [0.29, 0.717) is 5.69 Å². The molecule has 0 radical (unpaired) electrons. The highest BCUT2D eigenvalue weighted by Gasteiger charge is 2.43. The molecule has 188 valence electrons. The summed E-state index contributed by atoms with van der Waals surface area (Å²) in [5.74, 6) is -0.356. The van der Waals surface area contributed by atoms with Gasteiger partial charge in [-0.3, -0.25) is 24.5 Å². The van der Waals surface area contributed by atoms with Gasteiger partial charge in [-0.05, 0) is 39.8 Å². The van der Waals surface area contributed by atoms with Crippen molar-refractivity contribution in [3.05, 3.63) is 61.6 Å². The maximum Gasteiger partial charge on any atom is 0.426 e. The van der Waals surface area contributed by atoms with Gasteiger partial charge in [-0.25, -0.2) is 14.5 Å². The molecule has 2 aliphatic heterocycles. The van der Waals surface area contributed by atoms with Crippen molar-refractivity contribution in [3.8, 4) is 0 Å². The second-order valence-corrected chi connectivity index (χ2v) is 8.00. The molecule has 0 aliphatic carbocycles. The first kappa shape index (κ1) is 25.9. The van der Waals surface area contributed by atoms with E-state index in [1.165, 1.54) is 39.2 Å². The molecular weight excluding hydrogens is 468 g/mol. The first-order chi connectivity index (χ1) is 17.0. The van der Waals surface area contributed by atoms with Crippen molar-refractivity contribution in [2.45, 2.75) is 39.8 Å². The number of ether oxygens (including phenoxy) is 2. The van der Waals surface area contributed by atoms with Crippen LogP contribution in [0.1, 0.15) is 27.7 Å². The number of nitrogens with zero attached hydrogens (tertiary/aromatic N) is 4. The third kappa shape index (κ3) is 5.49. The number of carbonyl (C=O) groups excluding carboxylic acids is 4. The van der Waals surface area contributed by atoms with Crippen molar-refractivity contribution in [1.29, 1.82) is 0 Å². The molecule has 36 heavy (non-hydrogen) atoms. The molecule has 2 unspecified atom stereocenters. The Hall–Kier alpha value is -4.74. The molecule has 0 saturated heterocycles. The largest absolute Gasteiger partial charge is 0.426 e. The maximum absolute atomic E-state index is 12.6. The molecule has 4 heterocycles. The van der Waals surface area contributed by atoms with Crippen molar-refractivity contribution >= 4 is 46.8 Å². The van der Waals surface area contributed by atoms with E-state index in [1.54, 1.807) is 12.4 Å². The number of rotatable bonds is 2. The van der Waals surface area contributed by atoms with Crippen LogP contribution < -0.4 is 20.4 Å². The van der Waals surface area contributed by atoms with Gasteiger partial charge >= 0.3 is 12.2 Å². The van der Waals surface area contributed by atoms with Crippen molar-refractivity contribution in [3.63, 3.8) is 0 Å². The van der Waals surface area contributed by atoms with E-state index in [4.69, 9.17) is 9.47 Å². The number of allylic oxidation sites excluding steroid dienone is 2. The van der Waals surface area contributed by atoms with Gasteiger partial charge in [0.25, 0.3) is 5.91 Å². The van der Waals surface area contributed by atoms with E-state index in [-0.39, 0.29) is 29.2 Å². The minimum Gasteiger partial charge on any atom is -0.415 e. The van der Waals surface area contributed by atoms with Crippen molar-refractivity contribution in [1.82, 2.24) is 9.97 Å². The predicted octanol–water partition coefficient (Wildman–Crippen LogP) is 3.80. The van der Waals surface area contributed by atoms with Gasteiger partial charge in [0.1, 0.15) is 12.1 Å². The summed E-state index contributed by atoms with van der Waals surface area (Å²) in [7, 11) is 0. The predicted molar refractivity (Wildman–Crippen MR) is 132 cm³/mol. The number of carbonyl (C=O) groups is 4. The van der Waals surface area contributed by atoms with Gasteiger partial charge in [-0.15, -0.1) is 0 Å². The van der Waals surface area contributed by atoms with E-state index >= 15 is 0 Å². The van der Waals surface area contributed by atoms with Crippen LogP contribution in [0.4, 0.5) is 32.3 Å². The molecule has 0 saturated carbocycles. The Morgan fingerprint density at radius 1 is 0.917 bits per heavy atom. The summed E-state index contributed by atoms with van der Waals surface area (Å²) in [4.78, 5) is 58.1. The molecule has 2 aromatic rings. The molecule has 0 aromatic carbocycles. The second-order valence-electron chi connectivity index (χ2n) is 8.00. The lowest BCUT2D eigenvalue weighted by Gasteiger charge is -2.37. The zero-order valence-corrected chi connectivity index (χ0v) is 20.3. The van der Waals surface area contributed by atoms with Crippen molar-refractivity contribution in [2.75, 3.05) is 20.4 Å². The zero-order valence-electron chi connectivity index (χ0n) is 20.3. The first-order valence-corrected chi connectivity index (χ1v) is 10.8. The monoisotopic (exact) mass is 494 g/mol. The molecule has 0 bridgehead atoms. The summed E-state index contributed by atoms with van der Waals surface area (Å²) >= 11 is 0. The summed E-state index contributed by atoms with van der Waals surface area (Å²) in [6, 6.07) is 2.19. The third-order valence-corrected chi connectivity index (χ3v) is 4.99. The summed E-state index contributed by atoms with van der Waals surface area (Å²) in [5.41, 5.74) is 2.09. The standard InChI is InChI=1S/C16H17N3O5.C8H9N3O/c1-9(2)23-15(21)18-11(5)14(20)19(16(22)24-10(3)4)13-8-17-7-6-12(13)18;1-5-8(12)11-7-4-9-3-2-6(7)10-5/h6-8,11H,1,3H2,2,4-5H3;2-5,10H,1H3,(H,11,12). The van der Waals surface area contributed by atoms with E-state index in [1.807, 2.05) is 13.0 Å². The fraction of sp³-hybridized carbons (Fsp3) is 0.250. The van der Waals surface area contributed by atoms with Crippen molar-refractivity contribution in [2.24, 2.45) is 0 Å². The molecule has 4 rings (SSSR count). The van der Waals surface area contributed by atoms with E-state index in [9.17, 15) is 19.2 Å². The van der Waals surface area contributed by atoms with Crippen LogP contribution in [-0.2, 0) is 19.1 Å². The fourth-order valence-corrected chi connectivity index (χ4v) is 3.38. The lowest BCUT2D eigenvalue weighted by atomic mass is 10.1.